The van der Waals surface area contributed by atoms with Gasteiger partial charge < -0.3 is 19.0 Å². The third-order valence-electron chi connectivity index (χ3n) is 5.00. The van der Waals surface area contributed by atoms with Crippen LogP contribution in [-0.2, 0) is 22.7 Å². The number of hydrogen-bond acceptors (Lipinski definition) is 5. The van der Waals surface area contributed by atoms with Crippen LogP contribution in [0.15, 0.2) is 29.0 Å². The van der Waals surface area contributed by atoms with Gasteiger partial charge in [-0.1, -0.05) is 0 Å². The number of likely N-dealkylation sites (tertiary alicyclic amines) is 1. The van der Waals surface area contributed by atoms with Gasteiger partial charge in [0.15, 0.2) is 0 Å². The summed E-state index contributed by atoms with van der Waals surface area (Å²) < 4.78 is 10.7. The number of nitrogens with zero attached hydrogens (tertiary/aromatic N) is 3. The van der Waals surface area contributed by atoms with Gasteiger partial charge in [-0.2, -0.15) is 0 Å². The van der Waals surface area contributed by atoms with Gasteiger partial charge >= 0.3 is 0 Å². The molecule has 7 heteroatoms. The standard InChI is InChI=1S/C20H25N3O4/c1-13-9-21-17(14(2)19(13)26-4)12-22(3)20(25)15-8-18(24)23(10-15)11-16-6-5-7-27-16/h5-7,9,15H,8,10-12H2,1-4H3. The Morgan fingerprint density at radius 1 is 1.44 bits per heavy atom. The van der Waals surface area contributed by atoms with Gasteiger partial charge in [-0.15, -0.1) is 0 Å². The average molecular weight is 371 g/mol. The molecular weight excluding hydrogens is 346 g/mol. The smallest absolute Gasteiger partial charge is 0.228 e. The van der Waals surface area contributed by atoms with Gasteiger partial charge in [-0.05, 0) is 26.0 Å². The van der Waals surface area contributed by atoms with Crippen LogP contribution in [0.1, 0.15) is 29.0 Å². The highest BCUT2D eigenvalue weighted by atomic mass is 16.5. The van der Waals surface area contributed by atoms with Crippen molar-refractivity contribution in [3.05, 3.63) is 47.2 Å². The molecule has 0 saturated carbocycles. The maximum absolute atomic E-state index is 12.8. The molecule has 3 heterocycles. The van der Waals surface area contributed by atoms with Crippen LogP contribution in [0.25, 0.3) is 0 Å². The number of aromatic nitrogens is 1. The van der Waals surface area contributed by atoms with Gasteiger partial charge in [0, 0.05) is 37.3 Å². The molecule has 0 radical (unpaired) electrons. The molecule has 144 valence electrons. The van der Waals surface area contributed by atoms with Crippen molar-refractivity contribution in [1.82, 2.24) is 14.8 Å². The number of pyridine rings is 1. The van der Waals surface area contributed by atoms with E-state index >= 15 is 0 Å². The van der Waals surface area contributed by atoms with E-state index in [1.54, 1.807) is 42.5 Å². The van der Waals surface area contributed by atoms with E-state index in [-0.39, 0.29) is 24.2 Å². The van der Waals surface area contributed by atoms with E-state index in [4.69, 9.17) is 9.15 Å². The van der Waals surface area contributed by atoms with Crippen LogP contribution in [0.3, 0.4) is 0 Å². The molecular formula is C20H25N3O4. The Hall–Kier alpha value is -2.83. The molecule has 1 aliphatic rings. The lowest BCUT2D eigenvalue weighted by Crippen LogP contribution is -2.34. The number of amides is 2. The highest BCUT2D eigenvalue weighted by Crippen LogP contribution is 2.26. The van der Waals surface area contributed by atoms with Crippen molar-refractivity contribution < 1.29 is 18.7 Å². The van der Waals surface area contributed by atoms with E-state index in [9.17, 15) is 9.59 Å². The first-order chi connectivity index (χ1) is 12.9. The molecule has 1 fully saturated rings. The quantitative estimate of drug-likeness (QED) is 0.779. The Kier molecular flexibility index (Phi) is 5.48. The first-order valence-corrected chi connectivity index (χ1v) is 8.95. The molecule has 1 saturated heterocycles. The van der Waals surface area contributed by atoms with E-state index < -0.39 is 0 Å². The van der Waals surface area contributed by atoms with Gasteiger partial charge in [-0.3, -0.25) is 14.6 Å². The molecule has 7 nitrogen and oxygen atoms in total. The summed E-state index contributed by atoms with van der Waals surface area (Å²) in [7, 11) is 3.38. The fourth-order valence-electron chi connectivity index (χ4n) is 3.53. The second-order valence-electron chi connectivity index (χ2n) is 7.00. The molecule has 3 rings (SSSR count). The summed E-state index contributed by atoms with van der Waals surface area (Å²) in [5.41, 5.74) is 2.69. The number of methoxy groups -OCH3 is 1. The number of ether oxygens (including phenoxy) is 1. The van der Waals surface area contributed by atoms with E-state index in [2.05, 4.69) is 4.98 Å². The minimum Gasteiger partial charge on any atom is -0.496 e. The Bertz CT molecular complexity index is 832. The molecule has 27 heavy (non-hydrogen) atoms. The molecule has 0 spiro atoms. The maximum Gasteiger partial charge on any atom is 0.228 e. The van der Waals surface area contributed by atoms with Crippen molar-refractivity contribution >= 4 is 11.8 Å². The topological polar surface area (TPSA) is 75.9 Å². The number of aryl methyl sites for hydroxylation is 1. The lowest BCUT2D eigenvalue weighted by atomic mass is 10.1. The van der Waals surface area contributed by atoms with Crippen molar-refractivity contribution in [2.75, 3.05) is 20.7 Å². The summed E-state index contributed by atoms with van der Waals surface area (Å²) in [5, 5.41) is 0. The van der Waals surface area contributed by atoms with Gasteiger partial charge in [0.25, 0.3) is 0 Å². The van der Waals surface area contributed by atoms with Crippen molar-refractivity contribution in [3.63, 3.8) is 0 Å². The second kappa shape index (κ2) is 7.82. The largest absolute Gasteiger partial charge is 0.496 e. The van der Waals surface area contributed by atoms with E-state index in [0.29, 0.717) is 19.6 Å². The first-order valence-electron chi connectivity index (χ1n) is 8.95. The predicted octanol–water partition coefficient (Wildman–Crippen LogP) is 2.31. The number of carbonyl (C=O) groups is 2. The van der Waals surface area contributed by atoms with Gasteiger partial charge in [0.05, 0.1) is 38.1 Å². The third kappa shape index (κ3) is 3.97. The summed E-state index contributed by atoms with van der Waals surface area (Å²) >= 11 is 0. The summed E-state index contributed by atoms with van der Waals surface area (Å²) in [5.74, 6) is 1.10. The zero-order valence-electron chi connectivity index (χ0n) is 16.2. The Morgan fingerprint density at radius 2 is 2.22 bits per heavy atom. The molecule has 2 aromatic rings. The maximum atomic E-state index is 12.8. The molecule has 2 amide bonds. The zero-order valence-corrected chi connectivity index (χ0v) is 16.2. The minimum absolute atomic E-state index is 0.0236. The van der Waals surface area contributed by atoms with Crippen molar-refractivity contribution in [2.24, 2.45) is 5.92 Å². The highest BCUT2D eigenvalue weighted by molar-refractivity contribution is 5.89. The minimum atomic E-state index is -0.342. The van der Waals surface area contributed by atoms with Crippen LogP contribution in [0.2, 0.25) is 0 Å². The van der Waals surface area contributed by atoms with Crippen molar-refractivity contribution in [3.8, 4) is 5.75 Å². The summed E-state index contributed by atoms with van der Waals surface area (Å²) in [6.45, 7) is 5.07. The Balaban J connectivity index is 1.65. The first kappa shape index (κ1) is 18.9. The van der Waals surface area contributed by atoms with Crippen LogP contribution in [-0.4, -0.2) is 47.3 Å². The van der Waals surface area contributed by atoms with Crippen molar-refractivity contribution in [1.29, 1.82) is 0 Å². The van der Waals surface area contributed by atoms with Crippen molar-refractivity contribution in [2.45, 2.75) is 33.4 Å². The zero-order chi connectivity index (χ0) is 19.6. The average Bonchev–Trinajstić information content (AvgIpc) is 3.28. The second-order valence-corrected chi connectivity index (χ2v) is 7.00. The lowest BCUT2D eigenvalue weighted by Gasteiger charge is -2.22. The normalized spacial score (nSPS) is 16.7. The lowest BCUT2D eigenvalue weighted by molar-refractivity contribution is -0.135. The number of carbonyl (C=O) groups excluding carboxylic acids is 2. The van der Waals surface area contributed by atoms with E-state index in [1.165, 1.54) is 0 Å². The number of rotatable bonds is 6. The number of furan rings is 1. The third-order valence-corrected chi connectivity index (χ3v) is 5.00. The molecule has 2 aromatic heterocycles. The Labute approximate surface area is 158 Å². The highest BCUT2D eigenvalue weighted by Gasteiger charge is 2.36. The van der Waals surface area contributed by atoms with Crippen LogP contribution in [0.5, 0.6) is 5.75 Å². The fraction of sp³-hybridized carbons (Fsp3) is 0.450. The number of hydrogen-bond donors (Lipinski definition) is 0. The SMILES string of the molecule is COc1c(C)cnc(CN(C)C(=O)C2CC(=O)N(Cc3ccco3)C2)c1C. The molecule has 0 N–H and O–H groups in total. The molecule has 1 atom stereocenters. The van der Waals surface area contributed by atoms with Gasteiger partial charge in [-0.25, -0.2) is 0 Å². The Morgan fingerprint density at radius 3 is 2.89 bits per heavy atom. The van der Waals surface area contributed by atoms with Crippen LogP contribution < -0.4 is 4.74 Å². The van der Waals surface area contributed by atoms with Crippen LogP contribution in [0.4, 0.5) is 0 Å². The summed E-state index contributed by atoms with van der Waals surface area (Å²) in [4.78, 5) is 32.9. The molecule has 0 bridgehead atoms. The summed E-state index contributed by atoms with van der Waals surface area (Å²) in [6.07, 6.45) is 3.56. The van der Waals surface area contributed by atoms with E-state index in [0.717, 1.165) is 28.3 Å². The summed E-state index contributed by atoms with van der Waals surface area (Å²) in [6, 6.07) is 3.62. The predicted molar refractivity (Wildman–Crippen MR) is 99.0 cm³/mol. The molecule has 1 unspecified atom stereocenters. The molecule has 0 aliphatic carbocycles. The molecule has 0 aromatic carbocycles. The van der Waals surface area contributed by atoms with E-state index in [1.807, 2.05) is 19.9 Å². The van der Waals surface area contributed by atoms with Gasteiger partial charge in [0.1, 0.15) is 11.5 Å². The monoisotopic (exact) mass is 371 g/mol. The molecule has 1 aliphatic heterocycles. The van der Waals surface area contributed by atoms with Gasteiger partial charge in [0.2, 0.25) is 11.8 Å². The van der Waals surface area contributed by atoms with Crippen LogP contribution in [0, 0.1) is 19.8 Å². The fourth-order valence-corrected chi connectivity index (χ4v) is 3.53. The van der Waals surface area contributed by atoms with Crippen LogP contribution >= 0.6 is 0 Å².